The average molecular weight is 534 g/mol. The van der Waals surface area contributed by atoms with Crippen LogP contribution in [0.25, 0.3) is 10.2 Å². The van der Waals surface area contributed by atoms with E-state index < -0.39 is 11.8 Å². The largest absolute Gasteiger partial charge is 0.396 e. The molecule has 3 aromatic rings. The molecule has 38 heavy (non-hydrogen) atoms. The molecule has 1 unspecified atom stereocenters. The highest BCUT2D eigenvalue weighted by atomic mass is 32.1. The first-order valence-corrected chi connectivity index (χ1v) is 14.1. The van der Waals surface area contributed by atoms with Crippen LogP contribution in [0.1, 0.15) is 67.6 Å². The lowest BCUT2D eigenvalue weighted by atomic mass is 9.89. The molecule has 3 atom stereocenters. The predicted octanol–water partition coefficient (Wildman–Crippen LogP) is 4.41. The van der Waals surface area contributed by atoms with Crippen LogP contribution >= 0.6 is 11.3 Å². The molecule has 2 fully saturated rings. The summed E-state index contributed by atoms with van der Waals surface area (Å²) < 4.78 is 1.14. The number of hydrogen-bond donors (Lipinski definition) is 3. The Balaban J connectivity index is 1.35. The van der Waals surface area contributed by atoms with E-state index in [0.29, 0.717) is 18.0 Å². The zero-order chi connectivity index (χ0) is 26.8. The quantitative estimate of drug-likeness (QED) is 0.318. The van der Waals surface area contributed by atoms with Crippen molar-refractivity contribution in [2.75, 3.05) is 37.2 Å². The molecule has 9 nitrogen and oxygen atoms in total. The number of hydrogen-bond acceptors (Lipinski definition) is 8. The van der Waals surface area contributed by atoms with E-state index in [-0.39, 0.29) is 23.3 Å². The van der Waals surface area contributed by atoms with Crippen molar-refractivity contribution in [2.24, 2.45) is 5.92 Å². The summed E-state index contributed by atoms with van der Waals surface area (Å²) >= 11 is 1.75. The van der Waals surface area contributed by atoms with Crippen molar-refractivity contribution < 1.29 is 9.59 Å². The molecular weight excluding hydrogens is 498 g/mol. The van der Waals surface area contributed by atoms with E-state index in [9.17, 15) is 9.59 Å². The molecule has 0 saturated carbocycles. The first-order chi connectivity index (χ1) is 18.3. The van der Waals surface area contributed by atoms with Gasteiger partial charge in [-0.25, -0.2) is 4.98 Å². The Morgan fingerprint density at radius 2 is 2.05 bits per heavy atom. The Kier molecular flexibility index (Phi) is 7.71. The molecule has 2 aliphatic rings. The highest BCUT2D eigenvalue weighted by Crippen LogP contribution is 2.36. The van der Waals surface area contributed by atoms with Crippen LogP contribution in [0, 0.1) is 11.3 Å². The van der Waals surface area contributed by atoms with Gasteiger partial charge in [-0.2, -0.15) is 0 Å². The number of nitrogens with two attached hydrogens (primary N) is 1. The Morgan fingerprint density at radius 3 is 2.82 bits per heavy atom. The number of benzene rings is 1. The van der Waals surface area contributed by atoms with Gasteiger partial charge < -0.3 is 26.3 Å². The van der Waals surface area contributed by atoms with Crippen molar-refractivity contribution in [1.82, 2.24) is 19.8 Å². The van der Waals surface area contributed by atoms with Crippen LogP contribution in [0.4, 0.5) is 11.4 Å². The maximum Gasteiger partial charge on any atom is 0.314 e. The molecule has 0 aliphatic carbocycles. The van der Waals surface area contributed by atoms with Gasteiger partial charge in [0.2, 0.25) is 0 Å². The Labute approximate surface area is 226 Å². The fourth-order valence-corrected chi connectivity index (χ4v) is 6.53. The van der Waals surface area contributed by atoms with E-state index in [2.05, 4.69) is 47.2 Å². The monoisotopic (exact) mass is 533 g/mol. The molecule has 5 rings (SSSR count). The van der Waals surface area contributed by atoms with Crippen molar-refractivity contribution in [3.05, 3.63) is 46.7 Å². The number of carbonyl (C=O) groups excluding carboxylic acids is 2. The van der Waals surface area contributed by atoms with Gasteiger partial charge in [0.1, 0.15) is 0 Å². The Hall–Kier alpha value is -3.37. The van der Waals surface area contributed by atoms with Crippen molar-refractivity contribution in [3.8, 4) is 0 Å². The van der Waals surface area contributed by atoms with Gasteiger partial charge in [-0.1, -0.05) is 19.9 Å². The second-order valence-corrected chi connectivity index (χ2v) is 11.7. The maximum atomic E-state index is 13.4. The molecule has 2 amide bonds. The van der Waals surface area contributed by atoms with Crippen molar-refractivity contribution in [1.29, 1.82) is 5.41 Å². The number of aromatic nitrogens is 2. The first-order valence-electron chi connectivity index (χ1n) is 13.3. The van der Waals surface area contributed by atoms with Gasteiger partial charge in [0.25, 0.3) is 0 Å². The summed E-state index contributed by atoms with van der Waals surface area (Å²) in [5.41, 5.74) is 8.82. The summed E-state index contributed by atoms with van der Waals surface area (Å²) in [7, 11) is 0. The average Bonchev–Trinajstić information content (AvgIpc) is 3.59. The van der Waals surface area contributed by atoms with Crippen molar-refractivity contribution >= 4 is 51.0 Å². The van der Waals surface area contributed by atoms with Crippen LogP contribution in [0.3, 0.4) is 0 Å². The molecule has 4 N–H and O–H groups in total. The van der Waals surface area contributed by atoms with E-state index in [1.165, 1.54) is 38.3 Å². The Bertz CT molecular complexity index is 1350. The lowest BCUT2D eigenvalue weighted by Crippen LogP contribution is -2.46. The lowest BCUT2D eigenvalue weighted by Gasteiger charge is -2.38. The van der Waals surface area contributed by atoms with Gasteiger partial charge in [0, 0.05) is 37.0 Å². The number of amides is 2. The van der Waals surface area contributed by atoms with Crippen LogP contribution in [0.5, 0.6) is 0 Å². The number of likely N-dealkylation sites (tertiary alicyclic amines) is 2. The van der Waals surface area contributed by atoms with E-state index in [1.807, 2.05) is 0 Å². The topological polar surface area (TPSA) is 128 Å². The number of anilines is 2. The molecule has 4 heterocycles. The highest BCUT2D eigenvalue weighted by Gasteiger charge is 2.35. The van der Waals surface area contributed by atoms with Crippen LogP contribution in [-0.4, -0.2) is 64.0 Å². The molecule has 2 aromatic heterocycles. The van der Waals surface area contributed by atoms with Crippen LogP contribution in [0.2, 0.25) is 0 Å². The second kappa shape index (κ2) is 11.2. The molecule has 10 heteroatoms. The van der Waals surface area contributed by atoms with Gasteiger partial charge >= 0.3 is 11.8 Å². The molecular formula is C28H35N7O2S. The number of fused-ring (bicyclic) bond motifs is 1. The fourth-order valence-electron chi connectivity index (χ4n) is 5.54. The van der Waals surface area contributed by atoms with Gasteiger partial charge in [-0.05, 0) is 62.4 Å². The van der Waals surface area contributed by atoms with Crippen molar-refractivity contribution in [3.63, 3.8) is 0 Å². The van der Waals surface area contributed by atoms with Gasteiger partial charge in [0.05, 0.1) is 38.8 Å². The van der Waals surface area contributed by atoms with Crippen LogP contribution in [0.15, 0.2) is 30.6 Å². The summed E-state index contributed by atoms with van der Waals surface area (Å²) in [4.78, 5) is 39.6. The molecule has 1 aromatic carbocycles. The van der Waals surface area contributed by atoms with E-state index in [4.69, 9.17) is 16.1 Å². The predicted molar refractivity (Wildman–Crippen MR) is 152 cm³/mol. The zero-order valence-corrected chi connectivity index (χ0v) is 22.8. The summed E-state index contributed by atoms with van der Waals surface area (Å²) in [6.45, 7) is 8.23. The van der Waals surface area contributed by atoms with E-state index in [1.54, 1.807) is 16.2 Å². The van der Waals surface area contributed by atoms with E-state index in [0.717, 1.165) is 46.4 Å². The summed E-state index contributed by atoms with van der Waals surface area (Å²) in [6.07, 6.45) is 8.21. The summed E-state index contributed by atoms with van der Waals surface area (Å²) in [6, 6.07) is 6.06. The van der Waals surface area contributed by atoms with Crippen LogP contribution < -0.4 is 11.1 Å². The number of thiazole rings is 1. The molecule has 2 aliphatic heterocycles. The molecule has 0 spiro atoms. The minimum absolute atomic E-state index is 0.204. The van der Waals surface area contributed by atoms with Gasteiger partial charge in [-0.15, -0.1) is 11.3 Å². The number of rotatable bonds is 6. The molecule has 0 radical (unpaired) electrons. The Morgan fingerprint density at radius 1 is 1.26 bits per heavy atom. The minimum Gasteiger partial charge on any atom is -0.396 e. The number of piperidine rings is 1. The highest BCUT2D eigenvalue weighted by molar-refractivity contribution is 7.18. The van der Waals surface area contributed by atoms with Gasteiger partial charge in [0.15, 0.2) is 0 Å². The summed E-state index contributed by atoms with van der Waals surface area (Å²) in [5, 5.41) is 11.2. The molecule has 0 bridgehead atoms. The summed E-state index contributed by atoms with van der Waals surface area (Å²) in [5.74, 6) is -0.691. The normalized spacial score (nSPS) is 20.9. The van der Waals surface area contributed by atoms with Crippen molar-refractivity contribution in [2.45, 2.75) is 51.5 Å². The smallest absolute Gasteiger partial charge is 0.314 e. The standard InChI is InChI=1S/C28H35N7O2S/c1-17-5-7-23(35(15-17)28(37)26(36)32-22-14-31-13-20(12-29)25(22)30)19-6-8-24-21(11-19)33-27(38-24)18(2)16-34-9-3-4-10-34/h6,8,11-14,17-18,23,29H,3-5,7,9-10,15-16H2,1-2H3,(H2,30,31)(H,32,36)/t17-,18?,23+/m0/s1. The third kappa shape index (κ3) is 5.42. The fraction of sp³-hybridized carbons (Fsp3) is 0.464. The zero-order valence-electron chi connectivity index (χ0n) is 21.9. The SMILES string of the molecule is CC(CN1CCCC1)c1nc2cc([C@H]3CC[C@H](C)CN3C(=O)C(=O)Nc3cncc(C=N)c3N)ccc2s1. The van der Waals surface area contributed by atoms with E-state index >= 15 is 0 Å². The number of nitrogens with one attached hydrogen (secondary N) is 2. The third-order valence-electron chi connectivity index (χ3n) is 7.66. The maximum absolute atomic E-state index is 13.4. The lowest BCUT2D eigenvalue weighted by molar-refractivity contribution is -0.146. The van der Waals surface area contributed by atoms with Gasteiger partial charge in [-0.3, -0.25) is 14.6 Å². The minimum atomic E-state index is -0.757. The number of nitrogens with zero attached hydrogens (tertiary/aromatic N) is 4. The number of carbonyl (C=O) groups is 2. The van der Waals surface area contributed by atoms with Crippen LogP contribution in [-0.2, 0) is 9.59 Å². The molecule has 2 saturated heterocycles. The number of pyridine rings is 1. The first kappa shape index (κ1) is 26.2. The third-order valence-corrected chi connectivity index (χ3v) is 8.93. The molecule has 200 valence electrons. The number of nitrogen functional groups attached to an aromatic ring is 1. The second-order valence-electron chi connectivity index (χ2n) is 10.6.